The molecule has 1 radical (unpaired) electrons. The summed E-state index contributed by atoms with van der Waals surface area (Å²) in [6.45, 7) is 4.02. The highest BCUT2D eigenvalue weighted by Gasteiger charge is 2.12. The van der Waals surface area contributed by atoms with Crippen LogP contribution in [0.3, 0.4) is 0 Å². The van der Waals surface area contributed by atoms with Crippen LogP contribution in [0.15, 0.2) is 54.6 Å². The maximum Gasteiger partial charge on any atom is 0.373 e. The van der Waals surface area contributed by atoms with Gasteiger partial charge in [0.1, 0.15) is 6.10 Å². The van der Waals surface area contributed by atoms with Gasteiger partial charge in [-0.15, -0.1) is 0 Å². The van der Waals surface area contributed by atoms with Gasteiger partial charge in [-0.3, -0.25) is 4.89 Å². The zero-order valence-corrected chi connectivity index (χ0v) is 14.5. The molecule has 0 aliphatic carbocycles. The maximum atomic E-state index is 12.0. The van der Waals surface area contributed by atoms with E-state index in [1.165, 1.54) is 19.3 Å². The Morgan fingerprint density at radius 1 is 0.833 bits per heavy atom. The van der Waals surface area contributed by atoms with Crippen molar-refractivity contribution in [3.8, 4) is 11.1 Å². The number of unbranched alkanes of at least 4 members (excludes halogenated alkanes) is 3. The molecule has 0 saturated heterocycles. The van der Waals surface area contributed by atoms with E-state index in [-0.39, 0.29) is 0 Å². The minimum Gasteiger partial charge on any atom is -0.292 e. The Labute approximate surface area is 144 Å². The Morgan fingerprint density at radius 2 is 1.50 bits per heavy atom. The highest BCUT2D eigenvalue weighted by atomic mass is 17.2. The Bertz CT molecular complexity index is 605. The molecule has 0 unspecified atom stereocenters. The van der Waals surface area contributed by atoms with Gasteiger partial charge in [-0.05, 0) is 36.6 Å². The van der Waals surface area contributed by atoms with Gasteiger partial charge < -0.3 is 0 Å². The van der Waals surface area contributed by atoms with Crippen LogP contribution in [0.25, 0.3) is 11.1 Å². The molecule has 0 aliphatic heterocycles. The van der Waals surface area contributed by atoms with Gasteiger partial charge >= 0.3 is 5.97 Å². The Kier molecular flexibility index (Phi) is 7.50. The lowest BCUT2D eigenvalue weighted by atomic mass is 10.0. The Hall–Kier alpha value is -2.13. The molecule has 0 saturated carbocycles. The number of hydrogen-bond donors (Lipinski definition) is 0. The summed E-state index contributed by atoms with van der Waals surface area (Å²) in [4.78, 5) is 22.0. The van der Waals surface area contributed by atoms with E-state index >= 15 is 0 Å². The average molecular weight is 325 g/mol. The quantitative estimate of drug-likeness (QED) is 0.324. The van der Waals surface area contributed by atoms with Crippen molar-refractivity contribution in [1.29, 1.82) is 0 Å². The minimum atomic E-state index is -0.470. The molecule has 0 aromatic heterocycles. The van der Waals surface area contributed by atoms with E-state index in [2.05, 4.69) is 6.92 Å². The topological polar surface area (TPSA) is 35.5 Å². The SMILES string of the molecule is CCCCCC[C](C)OOC(=O)c1ccc(-c2ccccc2)cc1. The lowest BCUT2D eigenvalue weighted by Crippen LogP contribution is -2.08. The number of carbonyl (C=O) groups excluding carboxylic acids is 1. The van der Waals surface area contributed by atoms with Crippen LogP contribution in [-0.2, 0) is 9.78 Å². The van der Waals surface area contributed by atoms with Crippen molar-refractivity contribution < 1.29 is 14.6 Å². The molecule has 0 atom stereocenters. The molecule has 127 valence electrons. The van der Waals surface area contributed by atoms with Crippen LogP contribution >= 0.6 is 0 Å². The van der Waals surface area contributed by atoms with Crippen LogP contribution in [0, 0.1) is 6.10 Å². The summed E-state index contributed by atoms with van der Waals surface area (Å²) in [6, 6.07) is 17.4. The summed E-state index contributed by atoms with van der Waals surface area (Å²) in [5.41, 5.74) is 2.66. The van der Waals surface area contributed by atoms with Gasteiger partial charge in [0.25, 0.3) is 0 Å². The van der Waals surface area contributed by atoms with Crippen molar-refractivity contribution >= 4 is 5.97 Å². The van der Waals surface area contributed by atoms with Crippen LogP contribution in [0.1, 0.15) is 56.3 Å². The summed E-state index contributed by atoms with van der Waals surface area (Å²) < 4.78 is 0. The lowest BCUT2D eigenvalue weighted by Gasteiger charge is -2.10. The van der Waals surface area contributed by atoms with Crippen molar-refractivity contribution in [2.24, 2.45) is 0 Å². The predicted molar refractivity (Wildman–Crippen MR) is 96.1 cm³/mol. The standard InChI is InChI=1S/C21H25O3/c1-3-4-5-7-10-17(2)23-24-21(22)20-15-13-19(14-16-20)18-11-8-6-9-12-18/h6,8-9,11-16H,3-5,7,10H2,1-2H3. The average Bonchev–Trinajstić information content (AvgIpc) is 2.64. The fraction of sp³-hybridized carbons (Fsp3) is 0.333. The van der Waals surface area contributed by atoms with Crippen LogP contribution in [0.4, 0.5) is 0 Å². The van der Waals surface area contributed by atoms with Crippen LogP contribution in [-0.4, -0.2) is 5.97 Å². The third-order valence-corrected chi connectivity index (χ3v) is 3.87. The summed E-state index contributed by atoms with van der Waals surface area (Å²) in [7, 11) is 0. The van der Waals surface area contributed by atoms with Gasteiger partial charge in [-0.2, -0.15) is 4.89 Å². The smallest absolute Gasteiger partial charge is 0.292 e. The Morgan fingerprint density at radius 3 is 2.17 bits per heavy atom. The first-order valence-corrected chi connectivity index (χ1v) is 8.57. The Balaban J connectivity index is 1.80. The molecule has 3 nitrogen and oxygen atoms in total. The second-order valence-corrected chi connectivity index (χ2v) is 5.91. The van der Waals surface area contributed by atoms with Crippen molar-refractivity contribution in [2.75, 3.05) is 0 Å². The molecular weight excluding hydrogens is 300 g/mol. The first kappa shape index (κ1) is 18.2. The van der Waals surface area contributed by atoms with E-state index < -0.39 is 5.97 Å². The first-order chi connectivity index (χ1) is 11.7. The van der Waals surface area contributed by atoms with Gasteiger partial charge in [0.15, 0.2) is 0 Å². The molecule has 0 N–H and O–H groups in total. The van der Waals surface area contributed by atoms with Crippen LogP contribution in [0.2, 0.25) is 0 Å². The molecule has 0 spiro atoms. The number of rotatable bonds is 9. The van der Waals surface area contributed by atoms with Gasteiger partial charge in [0.2, 0.25) is 0 Å². The van der Waals surface area contributed by atoms with E-state index in [0.29, 0.717) is 5.56 Å². The van der Waals surface area contributed by atoms with E-state index in [1.807, 2.05) is 49.4 Å². The molecule has 2 rings (SSSR count). The molecule has 2 aromatic rings. The van der Waals surface area contributed by atoms with E-state index in [1.54, 1.807) is 12.1 Å². The summed E-state index contributed by atoms with van der Waals surface area (Å²) in [5, 5.41) is 0. The molecular formula is C21H25O3. The van der Waals surface area contributed by atoms with Crippen LogP contribution < -0.4 is 0 Å². The zero-order valence-electron chi connectivity index (χ0n) is 14.5. The largest absolute Gasteiger partial charge is 0.373 e. The molecule has 2 aromatic carbocycles. The van der Waals surface area contributed by atoms with Gasteiger partial charge in [0, 0.05) is 0 Å². The normalized spacial score (nSPS) is 10.8. The molecule has 0 bridgehead atoms. The molecule has 3 heteroatoms. The fourth-order valence-corrected chi connectivity index (χ4v) is 2.43. The minimum absolute atomic E-state index is 0.470. The number of carbonyl (C=O) groups is 1. The monoisotopic (exact) mass is 325 g/mol. The third-order valence-electron chi connectivity index (χ3n) is 3.87. The second kappa shape index (κ2) is 9.89. The highest BCUT2D eigenvalue weighted by molar-refractivity contribution is 5.89. The van der Waals surface area contributed by atoms with Gasteiger partial charge in [0.05, 0.1) is 5.56 Å². The zero-order chi connectivity index (χ0) is 17.2. The maximum absolute atomic E-state index is 12.0. The van der Waals surface area contributed by atoms with Crippen LogP contribution in [0.5, 0.6) is 0 Å². The van der Waals surface area contributed by atoms with Crippen molar-refractivity contribution in [1.82, 2.24) is 0 Å². The van der Waals surface area contributed by atoms with E-state index in [9.17, 15) is 4.79 Å². The lowest BCUT2D eigenvalue weighted by molar-refractivity contribution is -0.233. The fourth-order valence-electron chi connectivity index (χ4n) is 2.43. The van der Waals surface area contributed by atoms with E-state index in [4.69, 9.17) is 9.78 Å². The molecule has 0 amide bonds. The van der Waals surface area contributed by atoms with Crippen molar-refractivity contribution in [2.45, 2.75) is 46.0 Å². The van der Waals surface area contributed by atoms with E-state index in [0.717, 1.165) is 30.1 Å². The molecule has 0 heterocycles. The van der Waals surface area contributed by atoms with Gasteiger partial charge in [-0.25, -0.2) is 4.79 Å². The summed E-state index contributed by atoms with van der Waals surface area (Å²) in [6.07, 6.45) is 6.21. The highest BCUT2D eigenvalue weighted by Crippen LogP contribution is 2.20. The second-order valence-electron chi connectivity index (χ2n) is 5.91. The molecule has 0 fully saturated rings. The van der Waals surface area contributed by atoms with Crippen molar-refractivity contribution in [3.05, 3.63) is 66.3 Å². The van der Waals surface area contributed by atoms with Crippen molar-refractivity contribution in [3.63, 3.8) is 0 Å². The summed E-state index contributed by atoms with van der Waals surface area (Å²) in [5.74, 6) is -0.470. The number of benzene rings is 2. The van der Waals surface area contributed by atoms with Gasteiger partial charge in [-0.1, -0.05) is 75.1 Å². The summed E-state index contributed by atoms with van der Waals surface area (Å²) >= 11 is 0. The molecule has 0 aliphatic rings. The predicted octanol–water partition coefficient (Wildman–Crippen LogP) is 5.96. The number of hydrogen-bond acceptors (Lipinski definition) is 3. The molecule has 24 heavy (non-hydrogen) atoms. The first-order valence-electron chi connectivity index (χ1n) is 8.57. The third kappa shape index (κ3) is 5.82.